The van der Waals surface area contributed by atoms with Gasteiger partial charge in [0.25, 0.3) is 0 Å². The van der Waals surface area contributed by atoms with Crippen LogP contribution in [0, 0.1) is 0 Å². The normalized spacial score (nSPS) is 10.6. The van der Waals surface area contributed by atoms with Crippen molar-refractivity contribution in [2.24, 2.45) is 0 Å². The standard InChI is InChI=1S/C21H20Cl2N2O2/c1-26-20-10-16(12-24-13-18-4-2-3-9-25-18)19(23)11-21(20)27-14-15-5-7-17(22)8-6-15/h2-11,24H,12-14H2,1H3. The lowest BCUT2D eigenvalue weighted by Gasteiger charge is -2.14. The largest absolute Gasteiger partial charge is 0.493 e. The molecule has 0 aliphatic carbocycles. The summed E-state index contributed by atoms with van der Waals surface area (Å²) in [6, 6.07) is 17.0. The number of aromatic nitrogens is 1. The second-order valence-corrected chi connectivity index (χ2v) is 6.78. The van der Waals surface area contributed by atoms with Crippen molar-refractivity contribution in [2.75, 3.05) is 7.11 Å². The smallest absolute Gasteiger partial charge is 0.163 e. The quantitative estimate of drug-likeness (QED) is 0.557. The molecule has 0 saturated carbocycles. The fourth-order valence-electron chi connectivity index (χ4n) is 2.55. The summed E-state index contributed by atoms with van der Waals surface area (Å²) in [6.45, 7) is 1.67. The third-order valence-corrected chi connectivity index (χ3v) is 4.59. The molecule has 27 heavy (non-hydrogen) atoms. The van der Waals surface area contributed by atoms with Crippen LogP contribution in [-0.4, -0.2) is 12.1 Å². The van der Waals surface area contributed by atoms with E-state index in [1.54, 1.807) is 19.4 Å². The minimum Gasteiger partial charge on any atom is -0.493 e. The molecule has 1 N–H and O–H groups in total. The molecule has 0 radical (unpaired) electrons. The van der Waals surface area contributed by atoms with E-state index >= 15 is 0 Å². The fourth-order valence-corrected chi connectivity index (χ4v) is 2.90. The highest BCUT2D eigenvalue weighted by atomic mass is 35.5. The van der Waals surface area contributed by atoms with Gasteiger partial charge in [0.1, 0.15) is 6.61 Å². The molecule has 0 atom stereocenters. The third kappa shape index (κ3) is 5.60. The highest BCUT2D eigenvalue weighted by Crippen LogP contribution is 2.34. The average Bonchev–Trinajstić information content (AvgIpc) is 2.69. The maximum absolute atomic E-state index is 6.43. The van der Waals surface area contributed by atoms with Crippen LogP contribution in [0.3, 0.4) is 0 Å². The molecule has 0 fully saturated rings. The van der Waals surface area contributed by atoms with Crippen molar-refractivity contribution in [1.29, 1.82) is 0 Å². The first-order chi connectivity index (χ1) is 13.2. The minimum absolute atomic E-state index is 0.404. The van der Waals surface area contributed by atoms with Crippen molar-refractivity contribution in [3.05, 3.63) is 87.7 Å². The van der Waals surface area contributed by atoms with E-state index in [9.17, 15) is 0 Å². The summed E-state index contributed by atoms with van der Waals surface area (Å²) in [6.07, 6.45) is 1.78. The number of nitrogens with zero attached hydrogens (tertiary/aromatic N) is 1. The zero-order chi connectivity index (χ0) is 19.1. The molecule has 2 aromatic carbocycles. The van der Waals surface area contributed by atoms with Crippen molar-refractivity contribution in [3.8, 4) is 11.5 Å². The Morgan fingerprint density at radius 2 is 1.78 bits per heavy atom. The van der Waals surface area contributed by atoms with Crippen molar-refractivity contribution in [1.82, 2.24) is 10.3 Å². The van der Waals surface area contributed by atoms with Gasteiger partial charge in [-0.3, -0.25) is 4.98 Å². The van der Waals surface area contributed by atoms with Gasteiger partial charge in [-0.15, -0.1) is 0 Å². The van der Waals surface area contributed by atoms with Crippen molar-refractivity contribution in [2.45, 2.75) is 19.7 Å². The molecule has 1 heterocycles. The third-order valence-electron chi connectivity index (χ3n) is 3.99. The van der Waals surface area contributed by atoms with E-state index in [1.165, 1.54) is 0 Å². The number of halogens is 2. The fraction of sp³-hybridized carbons (Fsp3) is 0.190. The van der Waals surface area contributed by atoms with E-state index in [0.717, 1.165) is 16.8 Å². The molecule has 0 bridgehead atoms. The topological polar surface area (TPSA) is 43.4 Å². The molecule has 3 aromatic rings. The van der Waals surface area contributed by atoms with Crippen LogP contribution in [-0.2, 0) is 19.7 Å². The van der Waals surface area contributed by atoms with Crippen LogP contribution in [0.1, 0.15) is 16.8 Å². The summed E-state index contributed by atoms with van der Waals surface area (Å²) in [5.41, 5.74) is 2.92. The molecule has 1 aromatic heterocycles. The van der Waals surface area contributed by atoms with E-state index < -0.39 is 0 Å². The van der Waals surface area contributed by atoms with Crippen molar-refractivity contribution >= 4 is 23.2 Å². The van der Waals surface area contributed by atoms with Crippen LogP contribution in [0.25, 0.3) is 0 Å². The van der Waals surface area contributed by atoms with Gasteiger partial charge >= 0.3 is 0 Å². The second kappa shape index (κ2) is 9.60. The lowest BCUT2D eigenvalue weighted by atomic mass is 10.2. The molecule has 0 saturated heterocycles. The Hall–Kier alpha value is -2.27. The number of pyridine rings is 1. The van der Waals surface area contributed by atoms with Gasteiger partial charge in [-0.25, -0.2) is 0 Å². The maximum atomic E-state index is 6.43. The van der Waals surface area contributed by atoms with Gasteiger partial charge in [0.15, 0.2) is 11.5 Å². The predicted molar refractivity (Wildman–Crippen MR) is 109 cm³/mol. The number of benzene rings is 2. The van der Waals surface area contributed by atoms with E-state index in [0.29, 0.717) is 41.2 Å². The summed E-state index contributed by atoms with van der Waals surface area (Å²) >= 11 is 12.3. The molecule has 0 spiro atoms. The second-order valence-electron chi connectivity index (χ2n) is 5.93. The van der Waals surface area contributed by atoms with Crippen LogP contribution < -0.4 is 14.8 Å². The summed E-state index contributed by atoms with van der Waals surface area (Å²) in [7, 11) is 1.61. The van der Waals surface area contributed by atoms with Gasteiger partial charge in [0, 0.05) is 35.4 Å². The highest BCUT2D eigenvalue weighted by molar-refractivity contribution is 6.31. The Labute approximate surface area is 169 Å². The summed E-state index contributed by atoms with van der Waals surface area (Å²) in [4.78, 5) is 4.29. The van der Waals surface area contributed by atoms with Gasteiger partial charge in [-0.2, -0.15) is 0 Å². The van der Waals surface area contributed by atoms with Crippen molar-refractivity contribution in [3.63, 3.8) is 0 Å². The number of hydrogen-bond acceptors (Lipinski definition) is 4. The van der Waals surface area contributed by atoms with E-state index in [-0.39, 0.29) is 0 Å². The van der Waals surface area contributed by atoms with Crippen LogP contribution >= 0.6 is 23.2 Å². The van der Waals surface area contributed by atoms with Gasteiger partial charge in [0.05, 0.1) is 12.8 Å². The molecule has 4 nitrogen and oxygen atoms in total. The predicted octanol–water partition coefficient (Wildman–Crippen LogP) is 5.27. The van der Waals surface area contributed by atoms with Gasteiger partial charge in [-0.1, -0.05) is 41.4 Å². The number of ether oxygens (including phenoxy) is 2. The zero-order valence-corrected chi connectivity index (χ0v) is 16.4. The zero-order valence-electron chi connectivity index (χ0n) is 14.9. The number of rotatable bonds is 8. The Kier molecular flexibility index (Phi) is 6.93. The molecule has 6 heteroatoms. The summed E-state index contributed by atoms with van der Waals surface area (Å²) in [5.74, 6) is 1.24. The van der Waals surface area contributed by atoms with Crippen LogP contribution in [0.2, 0.25) is 10.0 Å². The van der Waals surface area contributed by atoms with Crippen molar-refractivity contribution < 1.29 is 9.47 Å². The summed E-state index contributed by atoms with van der Waals surface area (Å²) in [5, 5.41) is 4.65. The van der Waals surface area contributed by atoms with E-state index in [1.807, 2.05) is 48.5 Å². The first kappa shape index (κ1) is 19.5. The van der Waals surface area contributed by atoms with Gasteiger partial charge < -0.3 is 14.8 Å². The Morgan fingerprint density at radius 3 is 2.48 bits per heavy atom. The Bertz CT molecular complexity index is 871. The molecular formula is C21H20Cl2N2O2. The monoisotopic (exact) mass is 402 g/mol. The lowest BCUT2D eigenvalue weighted by molar-refractivity contribution is 0.284. The lowest BCUT2D eigenvalue weighted by Crippen LogP contribution is -2.14. The van der Waals surface area contributed by atoms with Crippen LogP contribution in [0.4, 0.5) is 0 Å². The minimum atomic E-state index is 0.404. The number of hydrogen-bond donors (Lipinski definition) is 1. The summed E-state index contributed by atoms with van der Waals surface area (Å²) < 4.78 is 11.3. The molecular weight excluding hydrogens is 383 g/mol. The van der Waals surface area contributed by atoms with E-state index in [4.69, 9.17) is 32.7 Å². The Balaban J connectivity index is 1.64. The highest BCUT2D eigenvalue weighted by Gasteiger charge is 2.11. The van der Waals surface area contributed by atoms with Gasteiger partial charge in [0.2, 0.25) is 0 Å². The molecule has 3 rings (SSSR count). The van der Waals surface area contributed by atoms with Crippen LogP contribution in [0.15, 0.2) is 60.8 Å². The molecule has 0 amide bonds. The first-order valence-electron chi connectivity index (χ1n) is 8.50. The average molecular weight is 403 g/mol. The SMILES string of the molecule is COc1cc(CNCc2ccccn2)c(Cl)cc1OCc1ccc(Cl)cc1. The molecule has 0 aliphatic rings. The van der Waals surface area contributed by atoms with Gasteiger partial charge in [-0.05, 0) is 41.5 Å². The molecule has 0 aliphatic heterocycles. The number of methoxy groups -OCH3 is 1. The maximum Gasteiger partial charge on any atom is 0.163 e. The molecule has 140 valence electrons. The Morgan fingerprint density at radius 1 is 0.963 bits per heavy atom. The first-order valence-corrected chi connectivity index (χ1v) is 9.25. The van der Waals surface area contributed by atoms with Crippen LogP contribution in [0.5, 0.6) is 11.5 Å². The molecule has 0 unspecified atom stereocenters. The number of nitrogens with one attached hydrogen (secondary N) is 1. The van der Waals surface area contributed by atoms with E-state index in [2.05, 4.69) is 10.3 Å².